The van der Waals surface area contributed by atoms with Crippen molar-refractivity contribution < 1.29 is 14.0 Å². The third-order valence-corrected chi connectivity index (χ3v) is 6.15. The molecule has 2 amide bonds. The molecule has 31 heavy (non-hydrogen) atoms. The number of oxazole rings is 1. The number of benzene rings is 1. The maximum Gasteiger partial charge on any atom is 0.254 e. The molecule has 9 heteroatoms. The van der Waals surface area contributed by atoms with Gasteiger partial charge in [-0.1, -0.05) is 18.2 Å². The molecule has 0 atom stereocenters. The normalized spacial score (nSPS) is 14.5. The first-order valence-corrected chi connectivity index (χ1v) is 11.4. The van der Waals surface area contributed by atoms with Gasteiger partial charge in [0.05, 0.1) is 23.2 Å². The van der Waals surface area contributed by atoms with E-state index in [1.807, 2.05) is 35.2 Å². The summed E-state index contributed by atoms with van der Waals surface area (Å²) in [5, 5.41) is 7.06. The van der Waals surface area contributed by atoms with E-state index in [0.29, 0.717) is 36.0 Å². The molecule has 4 rings (SSSR count). The predicted molar refractivity (Wildman–Crippen MR) is 118 cm³/mol. The molecule has 162 valence electrons. The maximum absolute atomic E-state index is 12.5. The number of nitrogens with one attached hydrogen (secondary N) is 1. The van der Waals surface area contributed by atoms with Gasteiger partial charge in [-0.2, -0.15) is 5.10 Å². The Morgan fingerprint density at radius 2 is 2.00 bits per heavy atom. The second-order valence-electron chi connectivity index (χ2n) is 7.53. The van der Waals surface area contributed by atoms with Gasteiger partial charge >= 0.3 is 0 Å². The number of amides is 2. The van der Waals surface area contributed by atoms with Crippen LogP contribution in [0.25, 0.3) is 11.5 Å². The van der Waals surface area contributed by atoms with Gasteiger partial charge in [-0.3, -0.25) is 14.3 Å². The number of nitrogens with zero attached hydrogens (tertiary/aromatic N) is 4. The molecule has 0 unspecified atom stereocenters. The lowest BCUT2D eigenvalue weighted by atomic mass is 10.0. The molecule has 0 spiro atoms. The molecule has 1 aromatic carbocycles. The highest BCUT2D eigenvalue weighted by Crippen LogP contribution is 2.21. The number of hydrogen-bond acceptors (Lipinski definition) is 6. The number of carbonyl (C=O) groups excluding carboxylic acids is 2. The highest BCUT2D eigenvalue weighted by Gasteiger charge is 2.24. The topological polar surface area (TPSA) is 93.3 Å². The predicted octanol–water partition coefficient (Wildman–Crippen LogP) is 2.73. The standard InChI is InChI=1S/C22H25N5O3S/c1-26-12-17(11-23-26)21(29)24-18-7-9-27(10-8-18)20(28)15-31-14-19-13-30-22(25-19)16-5-3-2-4-6-16/h2-6,11-13,18H,7-10,14-15H2,1H3,(H,24,29). The van der Waals surface area contributed by atoms with Crippen molar-refractivity contribution in [1.29, 1.82) is 0 Å². The summed E-state index contributed by atoms with van der Waals surface area (Å²) in [5.74, 6) is 1.63. The molecule has 1 N–H and O–H groups in total. The third kappa shape index (κ3) is 5.55. The van der Waals surface area contributed by atoms with E-state index in [1.165, 1.54) is 11.8 Å². The zero-order chi connectivity index (χ0) is 21.6. The largest absolute Gasteiger partial charge is 0.444 e. The fourth-order valence-electron chi connectivity index (χ4n) is 3.50. The number of aromatic nitrogens is 3. The summed E-state index contributed by atoms with van der Waals surface area (Å²) in [6.45, 7) is 1.30. The smallest absolute Gasteiger partial charge is 0.254 e. The molecule has 3 heterocycles. The number of hydrogen-bond donors (Lipinski definition) is 1. The van der Waals surface area contributed by atoms with Gasteiger partial charge in [0.15, 0.2) is 0 Å². The van der Waals surface area contributed by atoms with Crippen molar-refractivity contribution in [3.63, 3.8) is 0 Å². The van der Waals surface area contributed by atoms with Crippen molar-refractivity contribution in [2.45, 2.75) is 24.6 Å². The Bertz CT molecular complexity index is 1020. The summed E-state index contributed by atoms with van der Waals surface area (Å²) in [5.41, 5.74) is 2.32. The average molecular weight is 440 g/mol. The zero-order valence-electron chi connectivity index (χ0n) is 17.4. The van der Waals surface area contributed by atoms with Crippen LogP contribution in [0, 0.1) is 0 Å². The van der Waals surface area contributed by atoms with Crippen molar-refractivity contribution in [2.75, 3.05) is 18.8 Å². The van der Waals surface area contributed by atoms with Crippen molar-refractivity contribution in [1.82, 2.24) is 25.0 Å². The van der Waals surface area contributed by atoms with Gasteiger partial charge < -0.3 is 14.6 Å². The zero-order valence-corrected chi connectivity index (χ0v) is 18.2. The number of carbonyl (C=O) groups is 2. The van der Waals surface area contributed by atoms with Gasteiger partial charge in [0.2, 0.25) is 11.8 Å². The fraction of sp³-hybridized carbons (Fsp3) is 0.364. The van der Waals surface area contributed by atoms with E-state index in [1.54, 1.807) is 30.4 Å². The summed E-state index contributed by atoms with van der Waals surface area (Å²) in [7, 11) is 1.78. The van der Waals surface area contributed by atoms with E-state index in [-0.39, 0.29) is 17.9 Å². The Hall–Kier alpha value is -3.07. The van der Waals surface area contributed by atoms with Crippen molar-refractivity contribution in [3.8, 4) is 11.5 Å². The minimum Gasteiger partial charge on any atom is -0.444 e. The molecule has 1 aliphatic heterocycles. The van der Waals surface area contributed by atoms with Crippen LogP contribution in [0.2, 0.25) is 0 Å². The molecule has 0 aliphatic carbocycles. The minimum atomic E-state index is -0.115. The molecule has 8 nitrogen and oxygen atoms in total. The number of piperidine rings is 1. The lowest BCUT2D eigenvalue weighted by Crippen LogP contribution is -2.47. The summed E-state index contributed by atoms with van der Waals surface area (Å²) in [6.07, 6.45) is 6.42. The Balaban J connectivity index is 1.17. The van der Waals surface area contributed by atoms with Crippen LogP contribution in [-0.4, -0.2) is 56.4 Å². The summed E-state index contributed by atoms with van der Waals surface area (Å²) in [4.78, 5) is 31.1. The van der Waals surface area contributed by atoms with Gasteiger partial charge in [0, 0.05) is 43.7 Å². The molecule has 2 aromatic heterocycles. The van der Waals surface area contributed by atoms with Crippen LogP contribution in [-0.2, 0) is 17.6 Å². The highest BCUT2D eigenvalue weighted by molar-refractivity contribution is 7.99. The molecule has 0 radical (unpaired) electrons. The SMILES string of the molecule is Cn1cc(C(=O)NC2CCN(C(=O)CSCc3coc(-c4ccccc4)n3)CC2)cn1. The van der Waals surface area contributed by atoms with Gasteiger partial charge in [-0.05, 0) is 25.0 Å². The molecular formula is C22H25N5O3S. The van der Waals surface area contributed by atoms with Crippen molar-refractivity contribution >= 4 is 23.6 Å². The maximum atomic E-state index is 12.5. The van der Waals surface area contributed by atoms with Crippen molar-refractivity contribution in [3.05, 3.63) is 60.2 Å². The minimum absolute atomic E-state index is 0.0796. The summed E-state index contributed by atoms with van der Waals surface area (Å²) in [6, 6.07) is 9.83. The molecule has 1 aliphatic rings. The summed E-state index contributed by atoms with van der Waals surface area (Å²) < 4.78 is 7.15. The lowest BCUT2D eigenvalue weighted by Gasteiger charge is -2.32. The highest BCUT2D eigenvalue weighted by atomic mass is 32.2. The molecule has 1 fully saturated rings. The van der Waals surface area contributed by atoms with Crippen LogP contribution < -0.4 is 5.32 Å². The molecule has 3 aromatic rings. The number of thioether (sulfide) groups is 1. The van der Waals surface area contributed by atoms with E-state index in [0.717, 1.165) is 24.1 Å². The first-order valence-electron chi connectivity index (χ1n) is 10.2. The van der Waals surface area contributed by atoms with Crippen LogP contribution in [0.3, 0.4) is 0 Å². The number of aryl methyl sites for hydroxylation is 1. The Morgan fingerprint density at radius 1 is 1.23 bits per heavy atom. The molecular weight excluding hydrogens is 414 g/mol. The Kier molecular flexibility index (Phi) is 6.71. The van der Waals surface area contributed by atoms with Gasteiger partial charge in [-0.25, -0.2) is 4.98 Å². The second kappa shape index (κ2) is 9.82. The first kappa shape index (κ1) is 21.2. The van der Waals surface area contributed by atoms with E-state index >= 15 is 0 Å². The number of rotatable bonds is 7. The number of likely N-dealkylation sites (tertiary alicyclic amines) is 1. The average Bonchev–Trinajstić information content (AvgIpc) is 3.44. The van der Waals surface area contributed by atoms with E-state index in [2.05, 4.69) is 15.4 Å². The molecule has 0 saturated carbocycles. The third-order valence-electron chi connectivity index (χ3n) is 5.20. The quantitative estimate of drug-likeness (QED) is 0.608. The molecule has 0 bridgehead atoms. The van der Waals surface area contributed by atoms with Gasteiger partial charge in [0.25, 0.3) is 5.91 Å². The first-order chi connectivity index (χ1) is 15.1. The van der Waals surface area contributed by atoms with Crippen LogP contribution in [0.5, 0.6) is 0 Å². The van der Waals surface area contributed by atoms with Crippen LogP contribution in [0.4, 0.5) is 0 Å². The lowest BCUT2D eigenvalue weighted by molar-refractivity contribution is -0.129. The Labute approximate surface area is 185 Å². The second-order valence-corrected chi connectivity index (χ2v) is 8.52. The van der Waals surface area contributed by atoms with E-state index < -0.39 is 0 Å². The summed E-state index contributed by atoms with van der Waals surface area (Å²) >= 11 is 1.53. The van der Waals surface area contributed by atoms with Crippen LogP contribution in [0.1, 0.15) is 28.9 Å². The van der Waals surface area contributed by atoms with Gasteiger partial charge in [-0.15, -0.1) is 11.8 Å². The fourth-order valence-corrected chi connectivity index (χ4v) is 4.30. The van der Waals surface area contributed by atoms with E-state index in [4.69, 9.17) is 4.42 Å². The van der Waals surface area contributed by atoms with E-state index in [9.17, 15) is 9.59 Å². The molecule has 1 saturated heterocycles. The monoisotopic (exact) mass is 439 g/mol. The Morgan fingerprint density at radius 3 is 2.71 bits per heavy atom. The van der Waals surface area contributed by atoms with Crippen LogP contribution in [0.15, 0.2) is 53.4 Å². The van der Waals surface area contributed by atoms with Crippen molar-refractivity contribution in [2.24, 2.45) is 7.05 Å². The van der Waals surface area contributed by atoms with Crippen LogP contribution >= 0.6 is 11.8 Å². The van der Waals surface area contributed by atoms with Gasteiger partial charge in [0.1, 0.15) is 6.26 Å².